The highest BCUT2D eigenvalue weighted by molar-refractivity contribution is 5.90. The van der Waals surface area contributed by atoms with Crippen LogP contribution in [0.5, 0.6) is 0 Å². The van der Waals surface area contributed by atoms with E-state index in [9.17, 15) is 4.79 Å². The van der Waals surface area contributed by atoms with Crippen molar-refractivity contribution in [3.63, 3.8) is 0 Å². The normalized spacial score (nSPS) is 24.6. The summed E-state index contributed by atoms with van der Waals surface area (Å²) in [5.41, 5.74) is 1.91. The van der Waals surface area contributed by atoms with Crippen molar-refractivity contribution in [2.75, 3.05) is 19.0 Å². The van der Waals surface area contributed by atoms with Gasteiger partial charge in [-0.1, -0.05) is 26.7 Å². The average molecular weight is 348 g/mol. The number of nitrogens with zero attached hydrogens (tertiary/aromatic N) is 3. The summed E-state index contributed by atoms with van der Waals surface area (Å²) in [6.07, 6.45) is 7.97. The van der Waals surface area contributed by atoms with Crippen molar-refractivity contribution in [1.29, 1.82) is 0 Å². The van der Waals surface area contributed by atoms with Gasteiger partial charge in [-0.25, -0.2) is 4.79 Å². The van der Waals surface area contributed by atoms with Gasteiger partial charge in [0.05, 0.1) is 17.5 Å². The smallest absolute Gasteiger partial charge is 0.321 e. The molecule has 6 nitrogen and oxygen atoms in total. The molecule has 2 saturated carbocycles. The molecule has 1 N–H and O–H groups in total. The number of hydrogen-bond acceptors (Lipinski definition) is 3. The number of ether oxygens (including phenoxy) is 1. The monoisotopic (exact) mass is 348 g/mol. The second-order valence-corrected chi connectivity index (χ2v) is 7.93. The van der Waals surface area contributed by atoms with E-state index in [1.807, 2.05) is 25.2 Å². The molecule has 6 heteroatoms. The zero-order valence-corrected chi connectivity index (χ0v) is 16.2. The van der Waals surface area contributed by atoms with Gasteiger partial charge in [0.25, 0.3) is 0 Å². The number of hydrogen-bond donors (Lipinski definition) is 1. The number of carbonyl (C=O) groups excluding carboxylic acids is 1. The fraction of sp³-hybridized carbons (Fsp3) is 0.789. The van der Waals surface area contributed by atoms with Crippen LogP contribution in [0.1, 0.15) is 64.5 Å². The van der Waals surface area contributed by atoms with Crippen LogP contribution in [0.2, 0.25) is 0 Å². The molecule has 1 heterocycles. The van der Waals surface area contributed by atoms with Crippen LogP contribution in [0.15, 0.2) is 6.20 Å². The molecule has 25 heavy (non-hydrogen) atoms. The quantitative estimate of drug-likeness (QED) is 0.882. The summed E-state index contributed by atoms with van der Waals surface area (Å²) in [6.45, 7) is 6.99. The van der Waals surface area contributed by atoms with Crippen LogP contribution in [0.25, 0.3) is 0 Å². The van der Waals surface area contributed by atoms with E-state index >= 15 is 0 Å². The van der Waals surface area contributed by atoms with Gasteiger partial charge in [-0.2, -0.15) is 5.10 Å². The van der Waals surface area contributed by atoms with Crippen molar-refractivity contribution in [2.45, 2.75) is 70.9 Å². The number of amides is 2. The fourth-order valence-corrected chi connectivity index (χ4v) is 4.77. The van der Waals surface area contributed by atoms with E-state index in [0.29, 0.717) is 6.10 Å². The van der Waals surface area contributed by atoms with Crippen LogP contribution in [-0.4, -0.2) is 46.5 Å². The van der Waals surface area contributed by atoms with E-state index in [2.05, 4.69) is 31.2 Å². The third-order valence-corrected chi connectivity index (χ3v) is 6.08. The van der Waals surface area contributed by atoms with Gasteiger partial charge in [-0.15, -0.1) is 0 Å². The molecular weight excluding hydrogens is 316 g/mol. The molecule has 2 fully saturated rings. The maximum Gasteiger partial charge on any atom is 0.321 e. The minimum Gasteiger partial charge on any atom is -0.378 e. The van der Waals surface area contributed by atoms with Crippen LogP contribution in [0.3, 0.4) is 0 Å². The summed E-state index contributed by atoms with van der Waals surface area (Å²) in [5.74, 6) is 0.272. The molecule has 0 bridgehead atoms. The zero-order valence-electron chi connectivity index (χ0n) is 16.2. The first kappa shape index (κ1) is 18.2. The number of urea groups is 1. The Balaban J connectivity index is 1.71. The Kier molecular flexibility index (Phi) is 5.09. The molecule has 1 aromatic heterocycles. The molecule has 140 valence electrons. The van der Waals surface area contributed by atoms with E-state index in [0.717, 1.165) is 24.4 Å². The van der Waals surface area contributed by atoms with Gasteiger partial charge >= 0.3 is 6.03 Å². The van der Waals surface area contributed by atoms with Crippen molar-refractivity contribution >= 4 is 11.7 Å². The van der Waals surface area contributed by atoms with Crippen LogP contribution < -0.4 is 5.32 Å². The number of carbonyl (C=O) groups is 1. The molecule has 0 radical (unpaired) electrons. The first-order valence-corrected chi connectivity index (χ1v) is 9.58. The van der Waals surface area contributed by atoms with Crippen LogP contribution >= 0.6 is 0 Å². The Labute approximate surface area is 150 Å². The van der Waals surface area contributed by atoms with Crippen molar-refractivity contribution < 1.29 is 9.53 Å². The Bertz CT molecular complexity index is 619. The molecular formula is C19H32N4O2. The van der Waals surface area contributed by atoms with Crippen LogP contribution in [-0.2, 0) is 11.8 Å². The summed E-state index contributed by atoms with van der Waals surface area (Å²) in [6, 6.07) is 0.229. The third kappa shape index (κ3) is 3.16. The summed E-state index contributed by atoms with van der Waals surface area (Å²) >= 11 is 0. The summed E-state index contributed by atoms with van der Waals surface area (Å²) in [4.78, 5) is 14.8. The highest BCUT2D eigenvalue weighted by atomic mass is 16.5. The van der Waals surface area contributed by atoms with Crippen LogP contribution in [0.4, 0.5) is 10.5 Å². The Morgan fingerprint density at radius 1 is 1.48 bits per heavy atom. The average Bonchev–Trinajstić information content (AvgIpc) is 3.19. The van der Waals surface area contributed by atoms with Crippen molar-refractivity contribution in [3.8, 4) is 0 Å². The molecule has 3 rings (SSSR count). The molecule has 0 aromatic carbocycles. The lowest BCUT2D eigenvalue weighted by Gasteiger charge is -2.56. The minimum atomic E-state index is -0.0406. The number of aryl methyl sites for hydroxylation is 1. The van der Waals surface area contributed by atoms with Crippen molar-refractivity contribution in [1.82, 2.24) is 14.7 Å². The fourth-order valence-electron chi connectivity index (χ4n) is 4.77. The molecule has 2 aliphatic carbocycles. The van der Waals surface area contributed by atoms with Gasteiger partial charge in [0.1, 0.15) is 0 Å². The molecule has 0 unspecified atom stereocenters. The highest BCUT2D eigenvalue weighted by Gasteiger charge is 2.58. The Hall–Kier alpha value is -1.56. The van der Waals surface area contributed by atoms with E-state index in [1.54, 1.807) is 4.68 Å². The first-order chi connectivity index (χ1) is 11.9. The Morgan fingerprint density at radius 3 is 2.76 bits per heavy atom. The summed E-state index contributed by atoms with van der Waals surface area (Å²) in [7, 11) is 3.81. The van der Waals surface area contributed by atoms with E-state index < -0.39 is 0 Å². The number of nitrogens with one attached hydrogen (secondary N) is 1. The van der Waals surface area contributed by atoms with Gasteiger partial charge < -0.3 is 15.0 Å². The number of anilines is 1. The maximum atomic E-state index is 12.9. The molecule has 2 aliphatic rings. The van der Waals surface area contributed by atoms with Crippen molar-refractivity contribution in [3.05, 3.63) is 11.9 Å². The highest BCUT2D eigenvalue weighted by Crippen LogP contribution is 2.56. The minimum absolute atomic E-state index is 0.0406. The van der Waals surface area contributed by atoms with Gasteiger partial charge in [-0.3, -0.25) is 4.68 Å². The molecule has 0 saturated heterocycles. The lowest BCUT2D eigenvalue weighted by atomic mass is 9.60. The maximum absolute atomic E-state index is 12.9. The van der Waals surface area contributed by atoms with Gasteiger partial charge in [-0.05, 0) is 32.1 Å². The topological polar surface area (TPSA) is 59.4 Å². The largest absolute Gasteiger partial charge is 0.378 e. The standard InChI is InChI=1S/C19H32N4O2/c1-6-25-16-11-15(19(16)9-7-8-10-19)23(5)18(24)20-14-12-22(4)21-17(14)13(2)3/h12-13,15-16H,6-11H2,1-5H3,(H,20,24)/t15-,16-/m0/s1. The lowest BCUT2D eigenvalue weighted by molar-refractivity contribution is -0.150. The van der Waals surface area contributed by atoms with Crippen molar-refractivity contribution in [2.24, 2.45) is 12.5 Å². The molecule has 0 aliphatic heterocycles. The van der Waals surface area contributed by atoms with Crippen LogP contribution in [0, 0.1) is 5.41 Å². The number of rotatable bonds is 5. The second kappa shape index (κ2) is 6.98. The predicted molar refractivity (Wildman–Crippen MR) is 98.8 cm³/mol. The molecule has 1 aromatic rings. The lowest BCUT2D eigenvalue weighted by Crippen LogP contribution is -2.64. The molecule has 2 atom stereocenters. The molecule has 1 spiro atoms. The van der Waals surface area contributed by atoms with Gasteiger partial charge in [0, 0.05) is 38.4 Å². The van der Waals surface area contributed by atoms with E-state index in [4.69, 9.17) is 4.74 Å². The predicted octanol–water partition coefficient (Wildman–Crippen LogP) is 3.75. The summed E-state index contributed by atoms with van der Waals surface area (Å²) < 4.78 is 7.74. The van der Waals surface area contributed by atoms with E-state index in [1.165, 1.54) is 25.7 Å². The van der Waals surface area contributed by atoms with Gasteiger partial charge in [0.2, 0.25) is 0 Å². The zero-order chi connectivity index (χ0) is 18.2. The Morgan fingerprint density at radius 2 is 2.16 bits per heavy atom. The molecule has 2 amide bonds. The second-order valence-electron chi connectivity index (χ2n) is 7.93. The van der Waals surface area contributed by atoms with Gasteiger partial charge in [0.15, 0.2) is 0 Å². The van der Waals surface area contributed by atoms with E-state index in [-0.39, 0.29) is 23.4 Å². The SMILES string of the molecule is CCO[C@H]1C[C@H](N(C)C(=O)Nc2cn(C)nc2C(C)C)C12CCCC2. The summed E-state index contributed by atoms with van der Waals surface area (Å²) in [5, 5.41) is 7.55. The number of aromatic nitrogens is 2. The first-order valence-electron chi connectivity index (χ1n) is 9.58. The third-order valence-electron chi connectivity index (χ3n) is 6.08.